The lowest BCUT2D eigenvalue weighted by Gasteiger charge is -2.13. The Balaban J connectivity index is 1.88. The van der Waals surface area contributed by atoms with E-state index in [0.29, 0.717) is 0 Å². The molecule has 0 bridgehead atoms. The van der Waals surface area contributed by atoms with Gasteiger partial charge in [-0.3, -0.25) is 0 Å². The highest BCUT2D eigenvalue weighted by Gasteiger charge is 2.19. The number of rotatable bonds is 8. The van der Waals surface area contributed by atoms with Gasteiger partial charge in [-0.1, -0.05) is 33.1 Å². The molecule has 0 spiro atoms. The van der Waals surface area contributed by atoms with E-state index in [1.807, 2.05) is 0 Å². The summed E-state index contributed by atoms with van der Waals surface area (Å²) in [5.74, 6) is 0.913. The molecule has 1 rings (SSSR count). The molecule has 1 aliphatic rings. The summed E-state index contributed by atoms with van der Waals surface area (Å²) in [7, 11) is 0. The average molecular weight is 212 g/mol. The number of hydrogen-bond acceptors (Lipinski definition) is 2. The summed E-state index contributed by atoms with van der Waals surface area (Å²) in [5, 5.41) is 3.60. The third kappa shape index (κ3) is 5.53. The van der Waals surface area contributed by atoms with Crippen molar-refractivity contribution < 1.29 is 0 Å². The van der Waals surface area contributed by atoms with Gasteiger partial charge in [0.1, 0.15) is 0 Å². The van der Waals surface area contributed by atoms with Crippen molar-refractivity contribution in [3.05, 3.63) is 0 Å². The Labute approximate surface area is 95.4 Å². The Bertz CT molecular complexity index is 147. The maximum atomic E-state index is 3.60. The van der Waals surface area contributed by atoms with Crippen LogP contribution in [0.2, 0.25) is 0 Å². The zero-order valence-electron chi connectivity index (χ0n) is 10.6. The molecule has 2 nitrogen and oxygen atoms in total. The van der Waals surface area contributed by atoms with Crippen LogP contribution in [-0.2, 0) is 0 Å². The fourth-order valence-corrected chi connectivity index (χ4v) is 2.35. The average Bonchev–Trinajstić information content (AvgIpc) is 2.71. The predicted molar refractivity (Wildman–Crippen MR) is 67.2 cm³/mol. The molecule has 0 radical (unpaired) electrons. The lowest BCUT2D eigenvalue weighted by atomic mass is 10.1. The fourth-order valence-electron chi connectivity index (χ4n) is 2.35. The lowest BCUT2D eigenvalue weighted by Crippen LogP contribution is -2.27. The van der Waals surface area contributed by atoms with Crippen LogP contribution in [0.4, 0.5) is 0 Å². The van der Waals surface area contributed by atoms with Crippen molar-refractivity contribution in [3.8, 4) is 0 Å². The molecule has 1 N–H and O–H groups in total. The molecule has 15 heavy (non-hydrogen) atoms. The molecular formula is C13H28N2. The van der Waals surface area contributed by atoms with E-state index in [-0.39, 0.29) is 0 Å². The highest BCUT2D eigenvalue weighted by molar-refractivity contribution is 4.76. The number of likely N-dealkylation sites (tertiary alicyclic amines) is 1. The van der Waals surface area contributed by atoms with Crippen molar-refractivity contribution in [3.63, 3.8) is 0 Å². The molecule has 0 aromatic heterocycles. The summed E-state index contributed by atoms with van der Waals surface area (Å²) in [6.45, 7) is 10.9. The van der Waals surface area contributed by atoms with Crippen molar-refractivity contribution in [2.75, 3.05) is 32.7 Å². The third-order valence-corrected chi connectivity index (χ3v) is 3.46. The molecule has 1 atom stereocenters. The van der Waals surface area contributed by atoms with E-state index in [9.17, 15) is 0 Å². The van der Waals surface area contributed by atoms with Gasteiger partial charge < -0.3 is 10.2 Å². The van der Waals surface area contributed by atoms with Gasteiger partial charge in [0, 0.05) is 6.54 Å². The minimum atomic E-state index is 0.913. The fraction of sp³-hybridized carbons (Fsp3) is 1.00. The zero-order chi connectivity index (χ0) is 10.9. The summed E-state index contributed by atoms with van der Waals surface area (Å²) in [5.41, 5.74) is 0. The summed E-state index contributed by atoms with van der Waals surface area (Å²) < 4.78 is 0. The number of nitrogens with zero attached hydrogens (tertiary/aromatic N) is 1. The van der Waals surface area contributed by atoms with E-state index >= 15 is 0 Å². The van der Waals surface area contributed by atoms with Gasteiger partial charge >= 0.3 is 0 Å². The molecule has 1 fully saturated rings. The van der Waals surface area contributed by atoms with Gasteiger partial charge in [-0.15, -0.1) is 0 Å². The molecule has 0 aromatic rings. The Hall–Kier alpha value is -0.0800. The molecule has 2 heteroatoms. The van der Waals surface area contributed by atoms with Gasteiger partial charge in [-0.25, -0.2) is 0 Å². The van der Waals surface area contributed by atoms with E-state index in [4.69, 9.17) is 0 Å². The second-order valence-corrected chi connectivity index (χ2v) is 4.81. The Kier molecular flexibility index (Phi) is 7.03. The molecule has 0 aromatic carbocycles. The number of hydrogen-bond donors (Lipinski definition) is 1. The van der Waals surface area contributed by atoms with Gasteiger partial charge in [-0.05, 0) is 44.9 Å². The van der Waals surface area contributed by atoms with E-state index in [1.54, 1.807) is 0 Å². The van der Waals surface area contributed by atoms with E-state index in [0.717, 1.165) is 5.92 Å². The summed E-state index contributed by atoms with van der Waals surface area (Å²) >= 11 is 0. The van der Waals surface area contributed by atoms with E-state index < -0.39 is 0 Å². The highest BCUT2D eigenvalue weighted by Crippen LogP contribution is 2.14. The van der Waals surface area contributed by atoms with Gasteiger partial charge in [-0.2, -0.15) is 0 Å². The second kappa shape index (κ2) is 8.12. The zero-order valence-corrected chi connectivity index (χ0v) is 10.6. The van der Waals surface area contributed by atoms with Gasteiger partial charge in [0.15, 0.2) is 0 Å². The summed E-state index contributed by atoms with van der Waals surface area (Å²) in [6, 6.07) is 0. The van der Waals surface area contributed by atoms with E-state index in [2.05, 4.69) is 24.1 Å². The van der Waals surface area contributed by atoms with Crippen LogP contribution in [0.1, 0.15) is 46.0 Å². The Morgan fingerprint density at radius 1 is 1.20 bits per heavy atom. The van der Waals surface area contributed by atoms with Crippen LogP contribution in [0, 0.1) is 5.92 Å². The Morgan fingerprint density at radius 2 is 2.07 bits per heavy atom. The quantitative estimate of drug-likeness (QED) is 0.622. The van der Waals surface area contributed by atoms with Crippen LogP contribution in [0.3, 0.4) is 0 Å². The van der Waals surface area contributed by atoms with Crippen LogP contribution < -0.4 is 5.32 Å². The molecule has 0 aliphatic carbocycles. The van der Waals surface area contributed by atoms with Crippen molar-refractivity contribution in [2.45, 2.75) is 46.0 Å². The monoisotopic (exact) mass is 212 g/mol. The summed E-state index contributed by atoms with van der Waals surface area (Å²) in [4.78, 5) is 2.56. The highest BCUT2D eigenvalue weighted by atomic mass is 15.1. The van der Waals surface area contributed by atoms with Gasteiger partial charge in [0.25, 0.3) is 0 Å². The smallest absolute Gasteiger partial charge is 0.00222 e. The molecule has 0 amide bonds. The van der Waals surface area contributed by atoms with Crippen LogP contribution in [-0.4, -0.2) is 37.6 Å². The van der Waals surface area contributed by atoms with Gasteiger partial charge in [0.05, 0.1) is 0 Å². The third-order valence-electron chi connectivity index (χ3n) is 3.46. The van der Waals surface area contributed by atoms with Crippen molar-refractivity contribution in [1.29, 1.82) is 0 Å². The molecule has 1 aliphatic heterocycles. The van der Waals surface area contributed by atoms with Crippen LogP contribution in [0.25, 0.3) is 0 Å². The normalized spacial score (nSPS) is 22.4. The largest absolute Gasteiger partial charge is 0.316 e. The first-order chi connectivity index (χ1) is 7.36. The lowest BCUT2D eigenvalue weighted by molar-refractivity contribution is 0.338. The number of nitrogens with one attached hydrogen (secondary N) is 1. The molecule has 90 valence electrons. The minimum absolute atomic E-state index is 0.913. The minimum Gasteiger partial charge on any atom is -0.316 e. The topological polar surface area (TPSA) is 15.3 Å². The first-order valence-electron chi connectivity index (χ1n) is 6.79. The standard InChI is InChI=1S/C13H28N2/c1-3-5-6-7-9-14-11-13-8-10-15(4-2)12-13/h13-14H,3-12H2,1-2H3. The SMILES string of the molecule is CCCCCCNCC1CCN(CC)C1. The van der Waals surface area contributed by atoms with Crippen molar-refractivity contribution in [2.24, 2.45) is 5.92 Å². The van der Waals surface area contributed by atoms with E-state index in [1.165, 1.54) is 64.8 Å². The molecule has 1 unspecified atom stereocenters. The maximum Gasteiger partial charge on any atom is 0.00222 e. The molecule has 1 saturated heterocycles. The van der Waals surface area contributed by atoms with Crippen molar-refractivity contribution in [1.82, 2.24) is 10.2 Å². The second-order valence-electron chi connectivity index (χ2n) is 4.81. The van der Waals surface area contributed by atoms with Crippen molar-refractivity contribution >= 4 is 0 Å². The Morgan fingerprint density at radius 3 is 2.73 bits per heavy atom. The van der Waals surface area contributed by atoms with Crippen LogP contribution in [0.15, 0.2) is 0 Å². The first kappa shape index (κ1) is 13.0. The number of unbranched alkanes of at least 4 members (excludes halogenated alkanes) is 3. The maximum absolute atomic E-state index is 3.60. The molecular weight excluding hydrogens is 184 g/mol. The van der Waals surface area contributed by atoms with Gasteiger partial charge in [0.2, 0.25) is 0 Å². The predicted octanol–water partition coefficient (Wildman–Crippen LogP) is 2.50. The van der Waals surface area contributed by atoms with Crippen LogP contribution >= 0.6 is 0 Å². The summed E-state index contributed by atoms with van der Waals surface area (Å²) in [6.07, 6.45) is 6.89. The van der Waals surface area contributed by atoms with Crippen LogP contribution in [0.5, 0.6) is 0 Å². The molecule has 0 saturated carbocycles. The first-order valence-corrected chi connectivity index (χ1v) is 6.79. The molecule has 1 heterocycles.